The predicted octanol–water partition coefficient (Wildman–Crippen LogP) is 11.9. The summed E-state index contributed by atoms with van der Waals surface area (Å²) >= 11 is 0. The van der Waals surface area contributed by atoms with Crippen molar-refractivity contribution in [3.63, 3.8) is 0 Å². The Bertz CT molecular complexity index is 3170. The average Bonchev–Trinajstić information content (AvgIpc) is 3.80. The van der Waals surface area contributed by atoms with Crippen molar-refractivity contribution in [2.75, 3.05) is 0 Å². The molecule has 0 spiro atoms. The third-order valence-electron chi connectivity index (χ3n) is 10.5. The van der Waals surface area contributed by atoms with Gasteiger partial charge < -0.3 is 9.55 Å². The van der Waals surface area contributed by atoms with Gasteiger partial charge in [-0.1, -0.05) is 127 Å². The zero-order chi connectivity index (χ0) is 37.0. The maximum atomic E-state index is 5.25. The molecule has 0 unspecified atom stereocenters. The number of benzene rings is 7. The van der Waals surface area contributed by atoms with Gasteiger partial charge in [-0.25, -0.2) is 4.98 Å². The molecule has 6 nitrogen and oxygen atoms in total. The van der Waals surface area contributed by atoms with Crippen LogP contribution in [0.5, 0.6) is 0 Å². The van der Waals surface area contributed by atoms with Crippen molar-refractivity contribution in [3.8, 4) is 56.8 Å². The summed E-state index contributed by atoms with van der Waals surface area (Å²) < 4.78 is 4.63. The Hall–Kier alpha value is -7.05. The topological polar surface area (TPSA) is 61.4 Å². The second-order valence-electron chi connectivity index (χ2n) is 13.8. The summed E-state index contributed by atoms with van der Waals surface area (Å²) in [5.41, 5.74) is 11.2. The number of fused-ring (bicyclic) bond motifs is 7. The minimum Gasteiger partial charge on any atom is -0.307 e. The van der Waals surface area contributed by atoms with Crippen LogP contribution in [-0.4, -0.2) is 29.1 Å². The zero-order valence-electron chi connectivity index (χ0n) is 30.4. The smallest absolute Gasteiger partial charge is 0.238 e. The first kappa shape index (κ1) is 34.4. The number of hydrogen-bond acceptors (Lipinski definition) is 4. The second kappa shape index (κ2) is 14.2. The van der Waals surface area contributed by atoms with Crippen LogP contribution in [0.1, 0.15) is 0 Å². The van der Waals surface area contributed by atoms with Gasteiger partial charge in [0.2, 0.25) is 5.95 Å². The average molecular weight is 908 g/mol. The van der Waals surface area contributed by atoms with Crippen molar-refractivity contribution in [3.05, 3.63) is 194 Å². The summed E-state index contributed by atoms with van der Waals surface area (Å²) in [5, 5.41) is 4.53. The van der Waals surface area contributed by atoms with Gasteiger partial charge in [-0.3, -0.25) is 4.57 Å². The summed E-state index contributed by atoms with van der Waals surface area (Å²) in [6.07, 6.45) is 1.82. The van der Waals surface area contributed by atoms with Gasteiger partial charge in [-0.2, -0.15) is 9.97 Å². The van der Waals surface area contributed by atoms with Crippen molar-refractivity contribution in [1.29, 1.82) is 0 Å². The van der Waals surface area contributed by atoms with Gasteiger partial charge in [0.1, 0.15) is 0 Å². The summed E-state index contributed by atoms with van der Waals surface area (Å²) in [6.45, 7) is 0. The molecule has 0 fully saturated rings. The van der Waals surface area contributed by atoms with E-state index in [4.69, 9.17) is 15.0 Å². The van der Waals surface area contributed by atoms with Crippen molar-refractivity contribution in [2.24, 2.45) is 0 Å². The van der Waals surface area contributed by atoms with Crippen LogP contribution < -0.4 is 0 Å². The van der Waals surface area contributed by atoms with E-state index in [2.05, 4.69) is 117 Å². The van der Waals surface area contributed by atoms with Crippen LogP contribution in [0.2, 0.25) is 0 Å². The molecule has 0 saturated heterocycles. The van der Waals surface area contributed by atoms with Gasteiger partial charge in [0.25, 0.3) is 0 Å². The molecule has 0 N–H and O–H groups in total. The quantitative estimate of drug-likeness (QED) is 0.156. The van der Waals surface area contributed by atoms with Crippen LogP contribution in [0, 0.1) is 6.07 Å². The van der Waals surface area contributed by atoms with E-state index < -0.39 is 0 Å². The molecule has 11 aromatic rings. The number of hydrogen-bond donors (Lipinski definition) is 0. The van der Waals surface area contributed by atoms with Crippen LogP contribution in [0.4, 0.5) is 0 Å². The fraction of sp³-hybridized carbons (Fsp3) is 0. The fourth-order valence-corrected chi connectivity index (χ4v) is 8.00. The Kier molecular flexibility index (Phi) is 8.59. The van der Waals surface area contributed by atoms with Gasteiger partial charge in [-0.15, -0.1) is 35.4 Å². The summed E-state index contributed by atoms with van der Waals surface area (Å²) in [6, 6.07) is 66.4. The third kappa shape index (κ3) is 5.84. The zero-order valence-corrected chi connectivity index (χ0v) is 32.8. The minimum atomic E-state index is 0. The standard InChI is InChI=1S/C50H31N6.Ir/c1-4-15-33(16-5-1)48-52-49(34-17-6-2-7-18-34)54-50(53-48)56-44-25-11-10-23-39(44)40-27-28-41-42-32-36(35-19-14-20-37(31-35)43-24-12-13-30-51-43)26-29-45(42)55(46(41)47(40)56)38-21-8-3-9-22-38;/h1-19,21-32H;/q-1;. The molecule has 11 rings (SSSR count). The molecule has 4 heterocycles. The van der Waals surface area contributed by atoms with E-state index in [1.807, 2.05) is 91.1 Å². The largest absolute Gasteiger partial charge is 0.307 e. The molecule has 4 aromatic heterocycles. The molecule has 0 atom stereocenters. The number of nitrogens with zero attached hydrogens (tertiary/aromatic N) is 6. The van der Waals surface area contributed by atoms with Gasteiger partial charge in [0.05, 0.1) is 22.1 Å². The molecule has 0 aliphatic rings. The number of para-hydroxylation sites is 2. The Labute approximate surface area is 342 Å². The van der Waals surface area contributed by atoms with E-state index in [1.165, 1.54) is 0 Å². The van der Waals surface area contributed by atoms with E-state index in [1.54, 1.807) is 0 Å². The second-order valence-corrected chi connectivity index (χ2v) is 13.8. The Morgan fingerprint density at radius 3 is 1.72 bits per heavy atom. The van der Waals surface area contributed by atoms with Crippen molar-refractivity contribution in [1.82, 2.24) is 29.1 Å². The normalized spacial score (nSPS) is 11.4. The first-order valence-corrected chi connectivity index (χ1v) is 18.6. The third-order valence-corrected chi connectivity index (χ3v) is 10.5. The van der Waals surface area contributed by atoms with E-state index in [9.17, 15) is 0 Å². The molecular weight excluding hydrogens is 877 g/mol. The number of aromatic nitrogens is 6. The molecule has 7 heteroatoms. The molecular formula is C50H31IrN6-. The first-order chi connectivity index (χ1) is 27.8. The molecule has 0 aliphatic carbocycles. The molecule has 7 aromatic carbocycles. The SMILES string of the molecule is [Ir].[c-]1ccc(-c2ccc3c(c2)c2ccc4c5ccccc5n(-c5nc(-c6ccccc6)nc(-c6ccccc6)n5)c4c2n3-c2ccccc2)cc1-c1ccccn1. The monoisotopic (exact) mass is 908 g/mol. The van der Waals surface area contributed by atoms with E-state index in [-0.39, 0.29) is 20.1 Å². The molecule has 0 bridgehead atoms. The number of rotatable bonds is 6. The van der Waals surface area contributed by atoms with E-state index >= 15 is 0 Å². The van der Waals surface area contributed by atoms with E-state index in [0.29, 0.717) is 17.6 Å². The van der Waals surface area contributed by atoms with Crippen LogP contribution in [0.3, 0.4) is 0 Å². The molecule has 57 heavy (non-hydrogen) atoms. The Balaban J connectivity index is 0.00000396. The molecule has 1 radical (unpaired) electrons. The summed E-state index contributed by atoms with van der Waals surface area (Å²) in [5.74, 6) is 1.79. The van der Waals surface area contributed by atoms with Crippen LogP contribution in [0.15, 0.2) is 188 Å². The molecule has 0 saturated carbocycles. The molecule has 0 aliphatic heterocycles. The van der Waals surface area contributed by atoms with Crippen LogP contribution in [-0.2, 0) is 20.1 Å². The van der Waals surface area contributed by atoms with Gasteiger partial charge in [-0.05, 0) is 47.7 Å². The Morgan fingerprint density at radius 1 is 0.421 bits per heavy atom. The molecule has 271 valence electrons. The fourth-order valence-electron chi connectivity index (χ4n) is 8.00. The van der Waals surface area contributed by atoms with Crippen LogP contribution in [0.25, 0.3) is 100 Å². The number of pyridine rings is 1. The Morgan fingerprint density at radius 2 is 1.02 bits per heavy atom. The van der Waals surface area contributed by atoms with Crippen molar-refractivity contribution >= 4 is 43.6 Å². The first-order valence-electron chi connectivity index (χ1n) is 18.6. The maximum Gasteiger partial charge on any atom is 0.238 e. The van der Waals surface area contributed by atoms with Gasteiger partial charge >= 0.3 is 0 Å². The summed E-state index contributed by atoms with van der Waals surface area (Å²) in [4.78, 5) is 20.1. The summed E-state index contributed by atoms with van der Waals surface area (Å²) in [7, 11) is 0. The molecule has 0 amide bonds. The van der Waals surface area contributed by atoms with Crippen molar-refractivity contribution in [2.45, 2.75) is 0 Å². The minimum absolute atomic E-state index is 0. The van der Waals surface area contributed by atoms with Gasteiger partial charge in [0, 0.05) is 64.7 Å². The van der Waals surface area contributed by atoms with Crippen LogP contribution >= 0.6 is 0 Å². The van der Waals surface area contributed by atoms with E-state index in [0.717, 1.165) is 82.8 Å². The van der Waals surface area contributed by atoms with Crippen molar-refractivity contribution < 1.29 is 20.1 Å². The van der Waals surface area contributed by atoms with Gasteiger partial charge in [0.15, 0.2) is 11.6 Å². The maximum absolute atomic E-state index is 5.25. The predicted molar refractivity (Wildman–Crippen MR) is 227 cm³/mol.